The molecule has 0 aromatic heterocycles. The molecule has 2 rings (SSSR count). The first-order valence-electron chi connectivity index (χ1n) is 6.64. The van der Waals surface area contributed by atoms with Crippen molar-refractivity contribution in [3.8, 4) is 5.75 Å². The van der Waals surface area contributed by atoms with Gasteiger partial charge in [0.2, 0.25) is 0 Å². The summed E-state index contributed by atoms with van der Waals surface area (Å²) in [6.07, 6.45) is 4.06. The summed E-state index contributed by atoms with van der Waals surface area (Å²) in [7, 11) is 1.72. The molecule has 1 aromatic rings. The van der Waals surface area contributed by atoms with E-state index in [-0.39, 0.29) is 0 Å². The lowest BCUT2D eigenvalue weighted by atomic mass is 9.79. The maximum absolute atomic E-state index is 5.21. The molecule has 0 saturated heterocycles. The van der Waals surface area contributed by atoms with Crippen LogP contribution in [0.4, 0.5) is 0 Å². The van der Waals surface area contributed by atoms with Crippen LogP contribution in [0.5, 0.6) is 5.75 Å². The van der Waals surface area contributed by atoms with Crippen LogP contribution in [0.3, 0.4) is 0 Å². The summed E-state index contributed by atoms with van der Waals surface area (Å²) in [5.41, 5.74) is 1.94. The van der Waals surface area contributed by atoms with Gasteiger partial charge in [-0.2, -0.15) is 0 Å². The van der Waals surface area contributed by atoms with E-state index in [0.29, 0.717) is 5.41 Å². The zero-order valence-electron chi connectivity index (χ0n) is 11.5. The van der Waals surface area contributed by atoms with Crippen LogP contribution in [-0.4, -0.2) is 7.11 Å². The number of hydrogen-bond acceptors (Lipinski definition) is 1. The van der Waals surface area contributed by atoms with Crippen molar-refractivity contribution in [1.29, 1.82) is 0 Å². The van der Waals surface area contributed by atoms with E-state index in [4.69, 9.17) is 4.74 Å². The molecule has 0 unspecified atom stereocenters. The van der Waals surface area contributed by atoms with Crippen molar-refractivity contribution in [1.82, 2.24) is 0 Å². The SMILES string of the molecule is COc1ccc([C@H]2CC[C@@H](C(C)(C)C)C2)cc1. The molecule has 0 radical (unpaired) electrons. The predicted octanol–water partition coefficient (Wildman–Crippen LogP) is 4.63. The Hall–Kier alpha value is -0.980. The van der Waals surface area contributed by atoms with Crippen LogP contribution in [0.25, 0.3) is 0 Å². The monoisotopic (exact) mass is 232 g/mol. The first-order chi connectivity index (χ1) is 8.00. The van der Waals surface area contributed by atoms with Gasteiger partial charge in [0.15, 0.2) is 0 Å². The molecule has 0 spiro atoms. The number of ether oxygens (including phenoxy) is 1. The summed E-state index contributed by atoms with van der Waals surface area (Å²) in [5.74, 6) is 2.58. The molecule has 94 valence electrons. The molecule has 17 heavy (non-hydrogen) atoms. The van der Waals surface area contributed by atoms with Gasteiger partial charge in [-0.25, -0.2) is 0 Å². The Kier molecular flexibility index (Phi) is 3.46. The lowest BCUT2D eigenvalue weighted by Gasteiger charge is -2.27. The fraction of sp³-hybridized carbons (Fsp3) is 0.625. The van der Waals surface area contributed by atoms with Crippen molar-refractivity contribution in [2.45, 2.75) is 46.0 Å². The number of methoxy groups -OCH3 is 1. The highest BCUT2D eigenvalue weighted by molar-refractivity contribution is 5.30. The normalized spacial score (nSPS) is 24.9. The average Bonchev–Trinajstić information content (AvgIpc) is 2.78. The van der Waals surface area contributed by atoms with Crippen molar-refractivity contribution in [2.24, 2.45) is 11.3 Å². The summed E-state index contributed by atoms with van der Waals surface area (Å²) in [6, 6.07) is 8.63. The van der Waals surface area contributed by atoms with Crippen molar-refractivity contribution in [3.05, 3.63) is 29.8 Å². The Morgan fingerprint density at radius 2 is 1.71 bits per heavy atom. The fourth-order valence-corrected chi connectivity index (χ4v) is 2.95. The maximum Gasteiger partial charge on any atom is 0.118 e. The van der Waals surface area contributed by atoms with Gasteiger partial charge in [-0.1, -0.05) is 32.9 Å². The molecular weight excluding hydrogens is 208 g/mol. The summed E-state index contributed by atoms with van der Waals surface area (Å²) in [5, 5.41) is 0. The first-order valence-corrected chi connectivity index (χ1v) is 6.64. The van der Waals surface area contributed by atoms with E-state index < -0.39 is 0 Å². The molecule has 1 saturated carbocycles. The fourth-order valence-electron chi connectivity index (χ4n) is 2.95. The van der Waals surface area contributed by atoms with Crippen molar-refractivity contribution >= 4 is 0 Å². The largest absolute Gasteiger partial charge is 0.497 e. The van der Waals surface area contributed by atoms with E-state index >= 15 is 0 Å². The molecule has 1 heteroatoms. The molecule has 0 aliphatic heterocycles. The zero-order chi connectivity index (χ0) is 12.5. The van der Waals surface area contributed by atoms with Crippen molar-refractivity contribution < 1.29 is 4.74 Å². The highest BCUT2D eigenvalue weighted by Gasteiger charge is 2.33. The highest BCUT2D eigenvalue weighted by atomic mass is 16.5. The molecule has 0 heterocycles. The molecule has 1 aromatic carbocycles. The summed E-state index contributed by atoms with van der Waals surface area (Å²) < 4.78 is 5.21. The van der Waals surface area contributed by atoms with Gasteiger partial charge in [0.1, 0.15) is 5.75 Å². The third-order valence-corrected chi connectivity index (χ3v) is 4.24. The zero-order valence-corrected chi connectivity index (χ0v) is 11.5. The molecular formula is C16H24O. The first kappa shape index (κ1) is 12.5. The third kappa shape index (κ3) is 2.83. The molecule has 1 aliphatic rings. The van der Waals surface area contributed by atoms with E-state index in [1.807, 2.05) is 0 Å². The van der Waals surface area contributed by atoms with Gasteiger partial charge in [-0.15, -0.1) is 0 Å². The van der Waals surface area contributed by atoms with Crippen LogP contribution in [0, 0.1) is 11.3 Å². The number of hydrogen-bond donors (Lipinski definition) is 0. The molecule has 2 atom stereocenters. The quantitative estimate of drug-likeness (QED) is 0.722. The van der Waals surface area contributed by atoms with Gasteiger partial charge < -0.3 is 4.74 Å². The molecule has 1 nitrogen and oxygen atoms in total. The van der Waals surface area contributed by atoms with E-state index in [9.17, 15) is 0 Å². The summed E-state index contributed by atoms with van der Waals surface area (Å²) in [6.45, 7) is 7.11. The van der Waals surface area contributed by atoms with E-state index in [2.05, 4.69) is 45.0 Å². The van der Waals surface area contributed by atoms with E-state index in [1.165, 1.54) is 24.8 Å². The minimum atomic E-state index is 0.460. The molecule has 0 N–H and O–H groups in total. The topological polar surface area (TPSA) is 9.23 Å². The van der Waals surface area contributed by atoms with Gasteiger partial charge in [-0.3, -0.25) is 0 Å². The Morgan fingerprint density at radius 3 is 2.18 bits per heavy atom. The standard InChI is InChI=1S/C16H24O/c1-16(2,3)14-8-5-13(11-14)12-6-9-15(17-4)10-7-12/h6-7,9-10,13-14H,5,8,11H2,1-4H3/t13-,14+/m0/s1. The van der Waals surface area contributed by atoms with Gasteiger partial charge in [0, 0.05) is 0 Å². The second-order valence-corrected chi connectivity index (χ2v) is 6.35. The Bertz CT molecular complexity index is 358. The lowest BCUT2D eigenvalue weighted by Crippen LogP contribution is -2.17. The maximum atomic E-state index is 5.21. The van der Waals surface area contributed by atoms with Crippen LogP contribution < -0.4 is 4.74 Å². The van der Waals surface area contributed by atoms with Crippen LogP contribution in [0.15, 0.2) is 24.3 Å². The summed E-state index contributed by atoms with van der Waals surface area (Å²) in [4.78, 5) is 0. The molecule has 0 amide bonds. The smallest absolute Gasteiger partial charge is 0.118 e. The van der Waals surface area contributed by atoms with Crippen LogP contribution >= 0.6 is 0 Å². The Balaban J connectivity index is 2.05. The number of rotatable bonds is 2. The van der Waals surface area contributed by atoms with Gasteiger partial charge >= 0.3 is 0 Å². The van der Waals surface area contributed by atoms with Gasteiger partial charge in [0.25, 0.3) is 0 Å². The van der Waals surface area contributed by atoms with Crippen LogP contribution in [-0.2, 0) is 0 Å². The van der Waals surface area contributed by atoms with Gasteiger partial charge in [0.05, 0.1) is 7.11 Å². The van der Waals surface area contributed by atoms with E-state index in [0.717, 1.165) is 17.6 Å². The average molecular weight is 232 g/mol. The predicted molar refractivity (Wildman–Crippen MR) is 72.5 cm³/mol. The molecule has 0 bridgehead atoms. The highest BCUT2D eigenvalue weighted by Crippen LogP contribution is 2.46. The Labute approximate surface area is 105 Å². The van der Waals surface area contributed by atoms with E-state index in [1.54, 1.807) is 7.11 Å². The third-order valence-electron chi connectivity index (χ3n) is 4.24. The van der Waals surface area contributed by atoms with Crippen LogP contribution in [0.1, 0.15) is 51.5 Å². The van der Waals surface area contributed by atoms with Crippen LogP contribution in [0.2, 0.25) is 0 Å². The lowest BCUT2D eigenvalue weighted by molar-refractivity contribution is 0.244. The Morgan fingerprint density at radius 1 is 1.06 bits per heavy atom. The second kappa shape index (κ2) is 4.72. The molecule has 1 fully saturated rings. The number of benzene rings is 1. The summed E-state index contributed by atoms with van der Waals surface area (Å²) >= 11 is 0. The minimum Gasteiger partial charge on any atom is -0.497 e. The van der Waals surface area contributed by atoms with Gasteiger partial charge in [-0.05, 0) is 54.2 Å². The molecule has 1 aliphatic carbocycles. The van der Waals surface area contributed by atoms with Crippen molar-refractivity contribution in [3.63, 3.8) is 0 Å². The van der Waals surface area contributed by atoms with Crippen molar-refractivity contribution in [2.75, 3.05) is 7.11 Å². The second-order valence-electron chi connectivity index (χ2n) is 6.35. The minimum absolute atomic E-state index is 0.460.